The predicted octanol–water partition coefficient (Wildman–Crippen LogP) is 4.45. The summed E-state index contributed by atoms with van der Waals surface area (Å²) in [6.07, 6.45) is 0.162. The van der Waals surface area contributed by atoms with Gasteiger partial charge in [0.15, 0.2) is 11.5 Å². The average molecular weight is 440 g/mol. The highest BCUT2D eigenvalue weighted by Crippen LogP contribution is 2.44. The Morgan fingerprint density at radius 1 is 1.26 bits per heavy atom. The molecule has 0 spiro atoms. The number of rotatable bonds is 5. The molecule has 0 radical (unpaired) electrons. The Labute approximate surface area is 184 Å². The average Bonchev–Trinajstić information content (AvgIpc) is 2.79. The minimum atomic E-state index is -0.360. The van der Waals surface area contributed by atoms with Gasteiger partial charge in [-0.2, -0.15) is 5.26 Å². The smallest absolute Gasteiger partial charge is 0.229 e. The van der Waals surface area contributed by atoms with Crippen LogP contribution in [0.5, 0.6) is 11.5 Å². The van der Waals surface area contributed by atoms with E-state index in [1.165, 1.54) is 17.8 Å². The van der Waals surface area contributed by atoms with Crippen LogP contribution in [0, 0.1) is 17.1 Å². The predicted molar refractivity (Wildman–Crippen MR) is 117 cm³/mol. The third-order valence-electron chi connectivity index (χ3n) is 5.38. The van der Waals surface area contributed by atoms with Gasteiger partial charge in [-0.05, 0) is 36.8 Å². The van der Waals surface area contributed by atoms with Crippen molar-refractivity contribution in [2.45, 2.75) is 19.3 Å². The van der Waals surface area contributed by atoms with Crippen LogP contribution in [0.1, 0.15) is 24.8 Å². The van der Waals surface area contributed by atoms with Crippen molar-refractivity contribution in [2.75, 3.05) is 31.2 Å². The molecule has 0 aromatic heterocycles. The second-order valence-electron chi connectivity index (χ2n) is 7.16. The zero-order chi connectivity index (χ0) is 22.0. The third-order valence-corrected chi connectivity index (χ3v) is 6.53. The van der Waals surface area contributed by atoms with E-state index in [4.69, 9.17) is 9.47 Å². The quantitative estimate of drug-likeness (QED) is 0.686. The molecule has 0 N–H and O–H groups in total. The van der Waals surface area contributed by atoms with Crippen molar-refractivity contribution < 1.29 is 18.7 Å². The number of ether oxygens (including phenoxy) is 2. The van der Waals surface area contributed by atoms with Crippen LogP contribution in [0.15, 0.2) is 53.1 Å². The highest BCUT2D eigenvalue weighted by Gasteiger charge is 2.39. The summed E-state index contributed by atoms with van der Waals surface area (Å²) < 4.78 is 25.3. The number of benzene rings is 2. The van der Waals surface area contributed by atoms with Gasteiger partial charge in [0.1, 0.15) is 5.82 Å². The zero-order valence-electron chi connectivity index (χ0n) is 17.3. The number of thioether (sulfide) groups is 1. The molecule has 0 bridgehead atoms. The molecular formula is C23H22FN3O3S. The number of amides is 1. The fraction of sp³-hybridized carbons (Fsp3) is 0.304. The SMILES string of the molecule is CCOc1ccc(C2CC(=O)N3CN(c4ccccc4F)CSC3=C2C#N)cc1OC. The number of para-hydroxylation sites is 1. The van der Waals surface area contributed by atoms with Crippen molar-refractivity contribution in [3.63, 3.8) is 0 Å². The highest BCUT2D eigenvalue weighted by atomic mass is 32.2. The summed E-state index contributed by atoms with van der Waals surface area (Å²) in [5.41, 5.74) is 1.82. The number of hydrogen-bond donors (Lipinski definition) is 0. The minimum Gasteiger partial charge on any atom is -0.493 e. The van der Waals surface area contributed by atoms with Crippen LogP contribution in [-0.4, -0.2) is 37.1 Å². The van der Waals surface area contributed by atoms with Gasteiger partial charge in [0.25, 0.3) is 0 Å². The molecule has 1 fully saturated rings. The molecule has 1 amide bonds. The second-order valence-corrected chi connectivity index (χ2v) is 8.09. The second kappa shape index (κ2) is 8.90. The van der Waals surface area contributed by atoms with Crippen LogP contribution < -0.4 is 14.4 Å². The van der Waals surface area contributed by atoms with E-state index in [1.807, 2.05) is 25.1 Å². The lowest BCUT2D eigenvalue weighted by molar-refractivity contribution is -0.129. The van der Waals surface area contributed by atoms with Gasteiger partial charge in [-0.1, -0.05) is 30.0 Å². The molecule has 2 aromatic carbocycles. The first kappa shape index (κ1) is 21.1. The Kier molecular flexibility index (Phi) is 6.05. The first-order valence-electron chi connectivity index (χ1n) is 9.95. The number of methoxy groups -OCH3 is 1. The van der Waals surface area contributed by atoms with Crippen molar-refractivity contribution in [3.05, 3.63) is 64.4 Å². The summed E-state index contributed by atoms with van der Waals surface area (Å²) in [6.45, 7) is 2.62. The largest absolute Gasteiger partial charge is 0.493 e. The number of allylic oxidation sites excluding steroid dienone is 1. The van der Waals surface area contributed by atoms with E-state index in [-0.39, 0.29) is 30.7 Å². The Bertz CT molecular complexity index is 1080. The lowest BCUT2D eigenvalue weighted by Crippen LogP contribution is -2.47. The molecule has 2 heterocycles. The van der Waals surface area contributed by atoms with Crippen molar-refractivity contribution in [1.29, 1.82) is 5.26 Å². The van der Waals surface area contributed by atoms with Gasteiger partial charge in [0.2, 0.25) is 5.91 Å². The Hall–Kier alpha value is -3.18. The molecule has 0 aliphatic carbocycles. The van der Waals surface area contributed by atoms with Crippen LogP contribution >= 0.6 is 11.8 Å². The minimum absolute atomic E-state index is 0.0969. The van der Waals surface area contributed by atoms with Crippen molar-refractivity contribution >= 4 is 23.4 Å². The Balaban J connectivity index is 1.67. The molecule has 1 unspecified atom stereocenters. The van der Waals surface area contributed by atoms with Crippen molar-refractivity contribution in [2.24, 2.45) is 0 Å². The molecule has 2 aromatic rings. The molecule has 4 rings (SSSR count). The first-order valence-corrected chi connectivity index (χ1v) is 10.9. The number of fused-ring (bicyclic) bond motifs is 1. The molecule has 2 aliphatic rings. The zero-order valence-corrected chi connectivity index (χ0v) is 18.1. The fourth-order valence-electron chi connectivity index (χ4n) is 3.88. The first-order chi connectivity index (χ1) is 15.1. The molecule has 1 saturated heterocycles. The molecule has 0 saturated carbocycles. The normalized spacial score (nSPS) is 18.5. The molecule has 1 atom stereocenters. The maximum atomic E-state index is 14.2. The van der Waals surface area contributed by atoms with E-state index >= 15 is 0 Å². The third kappa shape index (κ3) is 3.93. The van der Waals surface area contributed by atoms with Crippen LogP contribution in [0.3, 0.4) is 0 Å². The van der Waals surface area contributed by atoms with E-state index in [0.29, 0.717) is 40.3 Å². The highest BCUT2D eigenvalue weighted by molar-refractivity contribution is 8.03. The van der Waals surface area contributed by atoms with E-state index in [1.54, 1.807) is 35.1 Å². The number of hydrogen-bond acceptors (Lipinski definition) is 6. The van der Waals surface area contributed by atoms with Gasteiger partial charge in [-0.25, -0.2) is 4.39 Å². The number of carbonyl (C=O) groups is 1. The standard InChI is InChI=1S/C23H22FN3O3S/c1-3-30-20-9-8-15(10-21(20)29-2)16-11-22(28)27-13-26(14-31-23(27)17(16)12-25)19-7-5-4-6-18(19)24/h4-10,16H,3,11,13-14H2,1-2H3. The molecule has 8 heteroatoms. The van der Waals surface area contributed by atoms with E-state index < -0.39 is 0 Å². The van der Waals surface area contributed by atoms with Gasteiger partial charge in [0.05, 0.1) is 48.6 Å². The number of anilines is 1. The maximum absolute atomic E-state index is 14.2. The summed E-state index contributed by atoms with van der Waals surface area (Å²) in [5, 5.41) is 10.6. The number of nitrogens with zero attached hydrogens (tertiary/aromatic N) is 3. The summed E-state index contributed by atoms with van der Waals surface area (Å²) in [4.78, 5) is 16.4. The van der Waals surface area contributed by atoms with Crippen LogP contribution in [-0.2, 0) is 4.79 Å². The Morgan fingerprint density at radius 3 is 2.77 bits per heavy atom. The summed E-state index contributed by atoms with van der Waals surface area (Å²) in [7, 11) is 1.56. The number of carbonyl (C=O) groups excluding carboxylic acids is 1. The Morgan fingerprint density at radius 2 is 2.06 bits per heavy atom. The van der Waals surface area contributed by atoms with Crippen molar-refractivity contribution in [3.8, 4) is 17.6 Å². The van der Waals surface area contributed by atoms with Gasteiger partial charge < -0.3 is 14.4 Å². The van der Waals surface area contributed by atoms with Crippen molar-refractivity contribution in [1.82, 2.24) is 4.90 Å². The number of nitriles is 1. The van der Waals surface area contributed by atoms with E-state index in [0.717, 1.165) is 5.56 Å². The van der Waals surface area contributed by atoms with Crippen LogP contribution in [0.2, 0.25) is 0 Å². The van der Waals surface area contributed by atoms with E-state index in [2.05, 4.69) is 6.07 Å². The summed E-state index contributed by atoms with van der Waals surface area (Å²) in [6, 6.07) is 14.3. The van der Waals surface area contributed by atoms with Gasteiger partial charge in [-0.15, -0.1) is 0 Å². The molecular weight excluding hydrogens is 417 g/mol. The lowest BCUT2D eigenvalue weighted by Gasteiger charge is -2.42. The van der Waals surface area contributed by atoms with Crippen LogP contribution in [0.25, 0.3) is 0 Å². The topological polar surface area (TPSA) is 65.8 Å². The summed E-state index contributed by atoms with van der Waals surface area (Å²) >= 11 is 1.38. The molecule has 160 valence electrons. The van der Waals surface area contributed by atoms with Gasteiger partial charge >= 0.3 is 0 Å². The van der Waals surface area contributed by atoms with Crippen LogP contribution in [0.4, 0.5) is 10.1 Å². The number of halogens is 1. The molecule has 2 aliphatic heterocycles. The van der Waals surface area contributed by atoms with Gasteiger partial charge in [-0.3, -0.25) is 9.69 Å². The maximum Gasteiger partial charge on any atom is 0.229 e. The van der Waals surface area contributed by atoms with Gasteiger partial charge in [0, 0.05) is 12.3 Å². The van der Waals surface area contributed by atoms with E-state index in [9.17, 15) is 14.4 Å². The lowest BCUT2D eigenvalue weighted by atomic mass is 9.86. The fourth-order valence-corrected chi connectivity index (χ4v) is 5.04. The summed E-state index contributed by atoms with van der Waals surface area (Å²) in [5.74, 6) is 0.848. The molecule has 6 nitrogen and oxygen atoms in total. The molecule has 31 heavy (non-hydrogen) atoms. The monoisotopic (exact) mass is 439 g/mol.